The Hall–Kier alpha value is -1.61. The van der Waals surface area contributed by atoms with Crippen LogP contribution >= 0.6 is 24.0 Å². The number of aliphatic imine (C=N–C) groups is 1. The van der Waals surface area contributed by atoms with E-state index < -0.39 is 0 Å². The number of hydrogen-bond donors (Lipinski definition) is 2. The van der Waals surface area contributed by atoms with Gasteiger partial charge in [0.05, 0.1) is 6.10 Å². The van der Waals surface area contributed by atoms with Crippen molar-refractivity contribution in [1.82, 2.24) is 20.2 Å². The average Bonchev–Trinajstić information content (AvgIpc) is 3.30. The summed E-state index contributed by atoms with van der Waals surface area (Å²) in [4.78, 5) is 9.13. The Kier molecular flexibility index (Phi) is 8.90. The molecule has 2 aromatic rings. The van der Waals surface area contributed by atoms with Crippen molar-refractivity contribution < 1.29 is 4.74 Å². The zero-order chi connectivity index (χ0) is 17.3. The van der Waals surface area contributed by atoms with Crippen molar-refractivity contribution in [2.75, 3.05) is 19.7 Å². The predicted molar refractivity (Wildman–Crippen MR) is 115 cm³/mol. The van der Waals surface area contributed by atoms with E-state index in [0.717, 1.165) is 50.9 Å². The standard InChI is InChI=1S/C19H27N5O.HI/c1-2-20-19(22-13-17-9-6-12-25-17)23-14-18-21-10-11-24(18)15-16-7-4-3-5-8-16;/h3-5,7-8,10-11,17H,2,6,9,12-15H2,1H3,(H2,20,22,23);1H. The summed E-state index contributed by atoms with van der Waals surface area (Å²) in [5, 5.41) is 6.66. The van der Waals surface area contributed by atoms with Crippen LogP contribution in [0.5, 0.6) is 0 Å². The number of guanidine groups is 1. The highest BCUT2D eigenvalue weighted by molar-refractivity contribution is 14.0. The molecule has 0 saturated carbocycles. The molecule has 1 aliphatic heterocycles. The van der Waals surface area contributed by atoms with E-state index in [2.05, 4.69) is 56.4 Å². The third-order valence-electron chi connectivity index (χ3n) is 4.24. The molecule has 0 amide bonds. The van der Waals surface area contributed by atoms with E-state index >= 15 is 0 Å². The molecule has 1 unspecified atom stereocenters. The van der Waals surface area contributed by atoms with Crippen LogP contribution in [0.2, 0.25) is 0 Å². The van der Waals surface area contributed by atoms with Crippen LogP contribution in [0.4, 0.5) is 0 Å². The molecule has 1 atom stereocenters. The molecule has 0 aliphatic carbocycles. The first-order valence-corrected chi connectivity index (χ1v) is 9.03. The quantitative estimate of drug-likeness (QED) is 0.372. The van der Waals surface area contributed by atoms with E-state index in [-0.39, 0.29) is 24.0 Å². The van der Waals surface area contributed by atoms with Gasteiger partial charge in [0.2, 0.25) is 0 Å². The van der Waals surface area contributed by atoms with E-state index in [1.165, 1.54) is 5.56 Å². The Balaban J connectivity index is 0.00000243. The van der Waals surface area contributed by atoms with Gasteiger partial charge in [0.25, 0.3) is 0 Å². The van der Waals surface area contributed by atoms with Crippen LogP contribution in [-0.4, -0.2) is 41.3 Å². The van der Waals surface area contributed by atoms with Crippen LogP contribution in [0.3, 0.4) is 0 Å². The van der Waals surface area contributed by atoms with E-state index in [1.807, 2.05) is 18.5 Å². The summed E-state index contributed by atoms with van der Waals surface area (Å²) in [6.07, 6.45) is 6.40. The fourth-order valence-corrected chi connectivity index (χ4v) is 2.92. The van der Waals surface area contributed by atoms with Crippen molar-refractivity contribution in [3.8, 4) is 0 Å². The molecule has 2 heterocycles. The number of nitrogens with one attached hydrogen (secondary N) is 2. The molecule has 1 aromatic carbocycles. The molecule has 3 rings (SSSR count). The second-order valence-electron chi connectivity index (χ2n) is 6.17. The van der Waals surface area contributed by atoms with Crippen molar-refractivity contribution in [2.24, 2.45) is 4.99 Å². The molecule has 6 nitrogen and oxygen atoms in total. The number of halogens is 1. The van der Waals surface area contributed by atoms with Gasteiger partial charge in [0, 0.05) is 38.6 Å². The van der Waals surface area contributed by atoms with Gasteiger partial charge < -0.3 is 19.9 Å². The number of rotatable bonds is 7. The Morgan fingerprint density at radius 1 is 1.31 bits per heavy atom. The SMILES string of the molecule is CCNC(=NCc1nccn1Cc1ccccc1)NCC1CCCO1.I. The minimum atomic E-state index is 0. The molecular formula is C19H28IN5O. The Morgan fingerprint density at radius 3 is 2.88 bits per heavy atom. The normalized spacial score (nSPS) is 17.0. The van der Waals surface area contributed by atoms with Gasteiger partial charge >= 0.3 is 0 Å². The van der Waals surface area contributed by atoms with Crippen molar-refractivity contribution >= 4 is 29.9 Å². The number of aromatic nitrogens is 2. The van der Waals surface area contributed by atoms with Gasteiger partial charge in [0.1, 0.15) is 12.4 Å². The van der Waals surface area contributed by atoms with Gasteiger partial charge in [-0.15, -0.1) is 24.0 Å². The van der Waals surface area contributed by atoms with E-state index in [1.54, 1.807) is 0 Å². The maximum atomic E-state index is 5.66. The first-order chi connectivity index (χ1) is 12.3. The lowest BCUT2D eigenvalue weighted by molar-refractivity contribution is 0.114. The van der Waals surface area contributed by atoms with Crippen molar-refractivity contribution in [3.63, 3.8) is 0 Å². The molecular weight excluding hydrogens is 441 g/mol. The zero-order valence-corrected chi connectivity index (χ0v) is 17.6. The van der Waals surface area contributed by atoms with Gasteiger partial charge in [-0.2, -0.15) is 0 Å². The second-order valence-corrected chi connectivity index (χ2v) is 6.17. The molecule has 0 bridgehead atoms. The largest absolute Gasteiger partial charge is 0.376 e. The third kappa shape index (κ3) is 6.28. The zero-order valence-electron chi connectivity index (χ0n) is 15.2. The molecule has 1 aromatic heterocycles. The van der Waals surface area contributed by atoms with Crippen LogP contribution in [0.15, 0.2) is 47.7 Å². The van der Waals surface area contributed by atoms with Crippen LogP contribution in [0.25, 0.3) is 0 Å². The highest BCUT2D eigenvalue weighted by Gasteiger charge is 2.15. The topological polar surface area (TPSA) is 63.5 Å². The molecule has 7 heteroatoms. The predicted octanol–water partition coefficient (Wildman–Crippen LogP) is 2.78. The van der Waals surface area contributed by atoms with E-state index in [0.29, 0.717) is 12.6 Å². The number of imidazole rings is 1. The molecule has 1 saturated heterocycles. The maximum Gasteiger partial charge on any atom is 0.191 e. The fourth-order valence-electron chi connectivity index (χ4n) is 2.92. The number of benzene rings is 1. The van der Waals surface area contributed by atoms with Crippen LogP contribution in [-0.2, 0) is 17.8 Å². The highest BCUT2D eigenvalue weighted by Crippen LogP contribution is 2.10. The van der Waals surface area contributed by atoms with Crippen molar-refractivity contribution in [2.45, 2.75) is 39.0 Å². The first-order valence-electron chi connectivity index (χ1n) is 9.03. The number of nitrogens with zero attached hydrogens (tertiary/aromatic N) is 3. The van der Waals surface area contributed by atoms with Gasteiger partial charge in [-0.05, 0) is 25.3 Å². The molecule has 142 valence electrons. The fraction of sp³-hybridized carbons (Fsp3) is 0.474. The average molecular weight is 469 g/mol. The minimum Gasteiger partial charge on any atom is -0.376 e. The lowest BCUT2D eigenvalue weighted by atomic mass is 10.2. The Bertz CT molecular complexity index is 668. The monoisotopic (exact) mass is 469 g/mol. The molecule has 1 fully saturated rings. The first kappa shape index (κ1) is 20.7. The molecule has 0 radical (unpaired) electrons. The summed E-state index contributed by atoms with van der Waals surface area (Å²) in [7, 11) is 0. The summed E-state index contributed by atoms with van der Waals surface area (Å²) in [6.45, 7) is 5.92. The van der Waals surface area contributed by atoms with Gasteiger partial charge in [-0.25, -0.2) is 9.98 Å². The van der Waals surface area contributed by atoms with E-state index in [4.69, 9.17) is 4.74 Å². The van der Waals surface area contributed by atoms with E-state index in [9.17, 15) is 0 Å². The number of ether oxygens (including phenoxy) is 1. The smallest absolute Gasteiger partial charge is 0.191 e. The van der Waals surface area contributed by atoms with Crippen molar-refractivity contribution in [3.05, 3.63) is 54.1 Å². The summed E-state index contributed by atoms with van der Waals surface area (Å²) in [6, 6.07) is 10.4. The second kappa shape index (κ2) is 11.2. The minimum absolute atomic E-state index is 0. The molecule has 0 spiro atoms. The van der Waals surface area contributed by atoms with Crippen LogP contribution < -0.4 is 10.6 Å². The highest BCUT2D eigenvalue weighted by atomic mass is 127. The number of hydrogen-bond acceptors (Lipinski definition) is 3. The lowest BCUT2D eigenvalue weighted by Crippen LogP contribution is -2.41. The van der Waals surface area contributed by atoms with Crippen LogP contribution in [0, 0.1) is 0 Å². The third-order valence-corrected chi connectivity index (χ3v) is 4.24. The van der Waals surface area contributed by atoms with Crippen molar-refractivity contribution in [1.29, 1.82) is 0 Å². The lowest BCUT2D eigenvalue weighted by Gasteiger charge is -2.15. The summed E-state index contributed by atoms with van der Waals surface area (Å²) < 4.78 is 7.80. The molecule has 26 heavy (non-hydrogen) atoms. The summed E-state index contributed by atoms with van der Waals surface area (Å²) in [5.41, 5.74) is 1.26. The van der Waals surface area contributed by atoms with Crippen LogP contribution in [0.1, 0.15) is 31.2 Å². The van der Waals surface area contributed by atoms with Gasteiger partial charge in [-0.1, -0.05) is 30.3 Å². The van der Waals surface area contributed by atoms with Gasteiger partial charge in [0.15, 0.2) is 5.96 Å². The van der Waals surface area contributed by atoms with Gasteiger partial charge in [-0.3, -0.25) is 0 Å². The maximum absolute atomic E-state index is 5.66. The Labute approximate surface area is 172 Å². The molecule has 2 N–H and O–H groups in total. The summed E-state index contributed by atoms with van der Waals surface area (Å²) >= 11 is 0. The summed E-state index contributed by atoms with van der Waals surface area (Å²) in [5.74, 6) is 1.77. The Morgan fingerprint density at radius 2 is 2.15 bits per heavy atom. The molecule has 1 aliphatic rings.